The van der Waals surface area contributed by atoms with Crippen molar-refractivity contribution in [2.24, 2.45) is 0 Å². The summed E-state index contributed by atoms with van der Waals surface area (Å²) in [5.74, 6) is -1.33. The molecule has 41 heavy (non-hydrogen) atoms. The summed E-state index contributed by atoms with van der Waals surface area (Å²) in [5, 5.41) is 20.4. The van der Waals surface area contributed by atoms with Gasteiger partial charge in [0, 0.05) is 24.7 Å². The number of likely N-dealkylation sites (N-methyl/N-ethyl adjacent to an activating group) is 1. The number of aromatic nitrogens is 2. The number of halogens is 6. The van der Waals surface area contributed by atoms with E-state index < -0.39 is 40.4 Å². The van der Waals surface area contributed by atoms with Crippen molar-refractivity contribution >= 4 is 11.6 Å². The van der Waals surface area contributed by atoms with E-state index in [9.17, 15) is 41.4 Å². The van der Waals surface area contributed by atoms with Crippen LogP contribution in [0.1, 0.15) is 36.1 Å². The Bertz CT molecular complexity index is 1570. The fourth-order valence-corrected chi connectivity index (χ4v) is 4.54. The van der Waals surface area contributed by atoms with E-state index in [0.717, 1.165) is 15.0 Å². The van der Waals surface area contributed by atoms with Crippen LogP contribution in [-0.2, 0) is 22.6 Å². The van der Waals surface area contributed by atoms with Crippen LogP contribution in [0.2, 0.25) is 0 Å². The van der Waals surface area contributed by atoms with E-state index >= 15 is 0 Å². The first-order chi connectivity index (χ1) is 18.9. The molecule has 4 aromatic rings. The van der Waals surface area contributed by atoms with Crippen molar-refractivity contribution in [1.29, 1.82) is 0 Å². The molecule has 0 saturated heterocycles. The fraction of sp³-hybridized carbons (Fsp3) is 0.241. The van der Waals surface area contributed by atoms with Crippen molar-refractivity contribution in [2.75, 3.05) is 11.9 Å². The highest BCUT2D eigenvalue weighted by Crippen LogP contribution is 2.41. The van der Waals surface area contributed by atoms with Gasteiger partial charge < -0.3 is 15.1 Å². The minimum atomic E-state index is -5.08. The zero-order valence-electron chi connectivity index (χ0n) is 22.3. The fourth-order valence-electron chi connectivity index (χ4n) is 4.54. The van der Waals surface area contributed by atoms with Gasteiger partial charge in [-0.15, -0.1) is 0 Å². The number of hydrogen-bond donors (Lipinski definition) is 2. The van der Waals surface area contributed by atoms with Crippen molar-refractivity contribution in [3.05, 3.63) is 89.1 Å². The van der Waals surface area contributed by atoms with Crippen LogP contribution in [0.5, 0.6) is 11.8 Å². The second kappa shape index (κ2) is 10.2. The molecule has 0 saturated carbocycles. The Hall–Kier alpha value is -4.48. The number of pyridine rings is 1. The number of carbonyl (C=O) groups excluding carboxylic acids is 1. The molecule has 2 heterocycles. The van der Waals surface area contributed by atoms with Crippen LogP contribution >= 0.6 is 0 Å². The van der Waals surface area contributed by atoms with Crippen molar-refractivity contribution < 1.29 is 41.4 Å². The first kappa shape index (κ1) is 29.5. The summed E-state index contributed by atoms with van der Waals surface area (Å²) < 4.78 is 82.2. The van der Waals surface area contributed by atoms with Gasteiger partial charge in [-0.2, -0.15) is 26.3 Å². The molecule has 0 aliphatic rings. The Kier molecular flexibility index (Phi) is 7.32. The van der Waals surface area contributed by atoms with E-state index in [1.165, 1.54) is 45.3 Å². The molecule has 1 amide bonds. The van der Waals surface area contributed by atoms with E-state index in [1.807, 2.05) is 0 Å². The number of alkyl halides is 6. The van der Waals surface area contributed by atoms with Crippen molar-refractivity contribution in [3.8, 4) is 28.7 Å². The number of amides is 1. The Morgan fingerprint density at radius 2 is 1.32 bits per heavy atom. The first-order valence-electron chi connectivity index (χ1n) is 12.2. The molecule has 0 bridgehead atoms. The van der Waals surface area contributed by atoms with Crippen LogP contribution in [0.3, 0.4) is 0 Å². The maximum absolute atomic E-state index is 13.8. The van der Waals surface area contributed by atoms with Crippen LogP contribution < -0.4 is 4.90 Å². The number of anilines is 1. The monoisotopic (exact) mass is 577 g/mol. The Balaban J connectivity index is 1.87. The number of carbonyl (C=O) groups is 1. The summed E-state index contributed by atoms with van der Waals surface area (Å²) in [4.78, 5) is 19.2. The summed E-state index contributed by atoms with van der Waals surface area (Å²) in [7, 11) is 1.34. The van der Waals surface area contributed by atoms with Crippen LogP contribution in [-0.4, -0.2) is 32.7 Å². The van der Waals surface area contributed by atoms with Crippen LogP contribution in [0.4, 0.5) is 32.0 Å². The van der Waals surface area contributed by atoms with Crippen LogP contribution in [0.25, 0.3) is 16.9 Å². The highest BCUT2D eigenvalue weighted by molar-refractivity contribution is 6.03. The van der Waals surface area contributed by atoms with Crippen LogP contribution in [0, 0.1) is 6.92 Å². The summed E-state index contributed by atoms with van der Waals surface area (Å²) in [6.45, 7) is 4.29. The number of benzene rings is 2. The predicted molar refractivity (Wildman–Crippen MR) is 140 cm³/mol. The second-order valence-electron chi connectivity index (χ2n) is 10.0. The molecule has 12 heteroatoms. The lowest BCUT2D eigenvalue weighted by Gasteiger charge is -2.32. The number of aromatic hydroxyl groups is 2. The topological polar surface area (TPSA) is 78.6 Å². The second-order valence-corrected chi connectivity index (χ2v) is 10.0. The zero-order chi connectivity index (χ0) is 30.5. The lowest BCUT2D eigenvalue weighted by Crippen LogP contribution is -2.42. The van der Waals surface area contributed by atoms with Gasteiger partial charge in [0.25, 0.3) is 0 Å². The highest BCUT2D eigenvalue weighted by atomic mass is 19.4. The molecule has 0 unspecified atom stereocenters. The van der Waals surface area contributed by atoms with Gasteiger partial charge >= 0.3 is 12.4 Å². The predicted octanol–water partition coefficient (Wildman–Crippen LogP) is 7.24. The normalized spacial score (nSPS) is 12.4. The van der Waals surface area contributed by atoms with Gasteiger partial charge in [-0.3, -0.25) is 4.79 Å². The Morgan fingerprint density at radius 3 is 1.83 bits per heavy atom. The Morgan fingerprint density at radius 1 is 0.805 bits per heavy atom. The lowest BCUT2D eigenvalue weighted by atomic mass is 9.81. The molecule has 216 valence electrons. The lowest BCUT2D eigenvalue weighted by molar-refractivity contribution is -0.143. The van der Waals surface area contributed by atoms with Crippen molar-refractivity contribution in [2.45, 2.75) is 38.5 Å². The summed E-state index contributed by atoms with van der Waals surface area (Å²) in [6, 6.07) is 12.2. The molecule has 6 nitrogen and oxygen atoms in total. The molecule has 4 rings (SSSR count). The maximum atomic E-state index is 13.8. The average Bonchev–Trinajstić information content (AvgIpc) is 3.24. The molecule has 2 aromatic heterocycles. The maximum Gasteiger partial charge on any atom is 0.416 e. The number of hydrogen-bond acceptors (Lipinski definition) is 4. The highest BCUT2D eigenvalue weighted by Gasteiger charge is 2.41. The third-order valence-corrected chi connectivity index (χ3v) is 6.88. The van der Waals surface area contributed by atoms with Crippen molar-refractivity contribution in [3.63, 3.8) is 0 Å². The summed E-state index contributed by atoms with van der Waals surface area (Å²) >= 11 is 0. The largest absolute Gasteiger partial charge is 0.494 e. The third kappa shape index (κ3) is 5.59. The van der Waals surface area contributed by atoms with Crippen molar-refractivity contribution in [1.82, 2.24) is 9.55 Å². The van der Waals surface area contributed by atoms with E-state index in [4.69, 9.17) is 0 Å². The standard InChI is InChI=1S/C29H25F6N3O3/c1-16-7-5-6-8-20(16)21-14-23(38-24(39)9-10-25(38)40)36-15-22(21)37(4)26(41)27(2,3)17-11-18(28(30,31)32)13-19(12-17)29(33,34)35/h5-15,39-40H,1-4H3. The van der Waals surface area contributed by atoms with Crippen LogP contribution in [0.15, 0.2) is 66.9 Å². The summed E-state index contributed by atoms with van der Waals surface area (Å²) in [6.07, 6.45) is -8.87. The number of aryl methyl sites for hydroxylation is 1. The zero-order valence-corrected chi connectivity index (χ0v) is 22.3. The smallest absolute Gasteiger partial charge is 0.416 e. The van der Waals surface area contributed by atoms with Gasteiger partial charge in [-0.05, 0) is 61.7 Å². The molecule has 0 radical (unpaired) electrons. The Labute approximate surface area is 231 Å². The minimum Gasteiger partial charge on any atom is -0.494 e. The molecule has 0 fully saturated rings. The van der Waals surface area contributed by atoms with Gasteiger partial charge in [-0.25, -0.2) is 9.55 Å². The molecule has 0 atom stereocenters. The molecular formula is C29H25F6N3O3. The molecule has 2 N–H and O–H groups in total. The average molecular weight is 578 g/mol. The number of rotatable bonds is 5. The van der Waals surface area contributed by atoms with Gasteiger partial charge in [0.2, 0.25) is 5.91 Å². The van der Waals surface area contributed by atoms with E-state index in [1.54, 1.807) is 31.2 Å². The number of nitrogens with zero attached hydrogens (tertiary/aromatic N) is 3. The van der Waals surface area contributed by atoms with Gasteiger partial charge in [0.05, 0.1) is 28.4 Å². The van der Waals surface area contributed by atoms with E-state index in [0.29, 0.717) is 23.3 Å². The molecular weight excluding hydrogens is 552 g/mol. The first-order valence-corrected chi connectivity index (χ1v) is 12.2. The molecule has 0 aliphatic carbocycles. The van der Waals surface area contributed by atoms with Gasteiger partial charge in [-0.1, -0.05) is 24.3 Å². The van der Waals surface area contributed by atoms with Gasteiger partial charge in [0.1, 0.15) is 5.82 Å². The molecule has 0 spiro atoms. The quantitative estimate of drug-likeness (QED) is 0.245. The minimum absolute atomic E-state index is 0.0127. The van der Waals surface area contributed by atoms with E-state index in [-0.39, 0.29) is 29.3 Å². The summed E-state index contributed by atoms with van der Waals surface area (Å²) in [5.41, 5.74) is -3.35. The third-order valence-electron chi connectivity index (χ3n) is 6.88. The SMILES string of the molecule is Cc1ccccc1-c1cc(-n2c(O)ccc2O)ncc1N(C)C(=O)C(C)(C)c1cc(C(F)(F)F)cc(C(F)(F)F)c1. The molecule has 2 aromatic carbocycles. The van der Waals surface area contributed by atoms with E-state index in [2.05, 4.69) is 4.98 Å². The van der Waals surface area contributed by atoms with Gasteiger partial charge in [0.15, 0.2) is 11.8 Å². The molecule has 0 aliphatic heterocycles.